The van der Waals surface area contributed by atoms with Gasteiger partial charge in [0.15, 0.2) is 0 Å². The number of para-hydroxylation sites is 1. The normalized spacial score (nSPS) is 17.8. The number of nitrogens with zero attached hydrogens (tertiary/aromatic N) is 3. The molecule has 3 heterocycles. The Balaban J connectivity index is 1.19. The van der Waals surface area contributed by atoms with Gasteiger partial charge in [0, 0.05) is 18.4 Å². The predicted molar refractivity (Wildman–Crippen MR) is 143 cm³/mol. The summed E-state index contributed by atoms with van der Waals surface area (Å²) in [5, 5.41) is 0. The average Bonchev–Trinajstić information content (AvgIpc) is 3.39. The molecule has 1 spiro atoms. The fraction of sp³-hybridized carbons (Fsp3) is 0.250. The van der Waals surface area contributed by atoms with Crippen molar-refractivity contribution in [2.24, 2.45) is 0 Å². The van der Waals surface area contributed by atoms with Crippen molar-refractivity contribution in [2.75, 3.05) is 18.0 Å². The second kappa shape index (κ2) is 8.14. The molecule has 0 atom stereocenters. The summed E-state index contributed by atoms with van der Waals surface area (Å²) < 4.78 is 0. The number of fused-ring (bicyclic) bond motifs is 5. The Morgan fingerprint density at radius 1 is 0.861 bits per heavy atom. The Bertz CT molecular complexity index is 1500. The van der Waals surface area contributed by atoms with E-state index in [1.165, 1.54) is 33.4 Å². The van der Waals surface area contributed by atoms with Gasteiger partial charge in [0.2, 0.25) is 5.91 Å². The number of hydrogen-bond acceptors (Lipinski definition) is 3. The van der Waals surface area contributed by atoms with E-state index in [2.05, 4.69) is 89.6 Å². The SMILES string of the molecule is Cc1cccnc1CN1CCC2(CC1)C(=O)N(c1ccc3c(c1)Cc1ccccc1-3)c1ccccc12. The fourth-order valence-electron chi connectivity index (χ4n) is 6.51. The lowest BCUT2D eigenvalue weighted by Crippen LogP contribution is -2.47. The summed E-state index contributed by atoms with van der Waals surface area (Å²) in [4.78, 5) is 23.3. The van der Waals surface area contributed by atoms with Gasteiger partial charge in [0.05, 0.1) is 16.8 Å². The molecule has 1 saturated heterocycles. The molecule has 178 valence electrons. The van der Waals surface area contributed by atoms with E-state index in [-0.39, 0.29) is 5.91 Å². The quantitative estimate of drug-likeness (QED) is 0.316. The topological polar surface area (TPSA) is 36.4 Å². The molecule has 1 fully saturated rings. The molecule has 1 aromatic heterocycles. The molecule has 4 nitrogen and oxygen atoms in total. The minimum atomic E-state index is -0.450. The number of rotatable bonds is 3. The maximum Gasteiger partial charge on any atom is 0.242 e. The Hall–Kier alpha value is -3.76. The van der Waals surface area contributed by atoms with Gasteiger partial charge >= 0.3 is 0 Å². The zero-order valence-electron chi connectivity index (χ0n) is 20.6. The molecule has 3 aliphatic rings. The maximum atomic E-state index is 14.3. The van der Waals surface area contributed by atoms with Crippen molar-refractivity contribution in [3.05, 3.63) is 113 Å². The van der Waals surface area contributed by atoms with Crippen molar-refractivity contribution in [1.29, 1.82) is 0 Å². The van der Waals surface area contributed by atoms with Gasteiger partial charge in [-0.2, -0.15) is 0 Å². The van der Waals surface area contributed by atoms with Crippen molar-refractivity contribution >= 4 is 17.3 Å². The van der Waals surface area contributed by atoms with Crippen molar-refractivity contribution in [1.82, 2.24) is 9.88 Å². The first kappa shape index (κ1) is 21.5. The number of carbonyl (C=O) groups is 1. The smallest absolute Gasteiger partial charge is 0.242 e. The van der Waals surface area contributed by atoms with Crippen LogP contribution in [0.3, 0.4) is 0 Å². The van der Waals surface area contributed by atoms with Gasteiger partial charge in [-0.25, -0.2) is 0 Å². The Morgan fingerprint density at radius 2 is 1.64 bits per heavy atom. The van der Waals surface area contributed by atoms with Gasteiger partial charge in [-0.1, -0.05) is 54.6 Å². The number of hydrogen-bond donors (Lipinski definition) is 0. The summed E-state index contributed by atoms with van der Waals surface area (Å²) in [7, 11) is 0. The molecule has 0 bridgehead atoms. The van der Waals surface area contributed by atoms with Crippen LogP contribution in [0.1, 0.15) is 40.8 Å². The van der Waals surface area contributed by atoms with Crippen LogP contribution < -0.4 is 4.90 Å². The highest BCUT2D eigenvalue weighted by molar-refractivity contribution is 6.13. The van der Waals surface area contributed by atoms with E-state index in [9.17, 15) is 4.79 Å². The third-order valence-corrected chi connectivity index (χ3v) is 8.51. The van der Waals surface area contributed by atoms with E-state index in [0.717, 1.165) is 56.0 Å². The zero-order chi connectivity index (χ0) is 24.3. The van der Waals surface area contributed by atoms with Crippen molar-refractivity contribution in [2.45, 2.75) is 38.1 Å². The minimum Gasteiger partial charge on any atom is -0.297 e. The summed E-state index contributed by atoms with van der Waals surface area (Å²) >= 11 is 0. The van der Waals surface area contributed by atoms with Gasteiger partial charge in [-0.3, -0.25) is 19.6 Å². The Labute approximate surface area is 212 Å². The molecule has 3 aromatic carbocycles. The summed E-state index contributed by atoms with van der Waals surface area (Å²) in [5.74, 6) is 0.229. The van der Waals surface area contributed by atoms with Crippen LogP contribution in [0.2, 0.25) is 0 Å². The number of amides is 1. The molecular formula is C32H29N3O. The summed E-state index contributed by atoms with van der Waals surface area (Å²) in [5.41, 5.74) is 10.4. The Morgan fingerprint density at radius 3 is 2.50 bits per heavy atom. The maximum absolute atomic E-state index is 14.3. The first-order chi connectivity index (χ1) is 17.6. The number of carbonyl (C=O) groups excluding carboxylic acids is 1. The predicted octanol–water partition coefficient (Wildman–Crippen LogP) is 6.17. The molecule has 7 rings (SSSR count). The third-order valence-electron chi connectivity index (χ3n) is 8.51. The molecule has 4 aromatic rings. The lowest BCUT2D eigenvalue weighted by atomic mass is 9.73. The van der Waals surface area contributed by atoms with Crippen LogP contribution in [0, 0.1) is 6.92 Å². The molecule has 0 radical (unpaired) electrons. The van der Waals surface area contributed by atoms with E-state index in [0.29, 0.717) is 0 Å². The van der Waals surface area contributed by atoms with Gasteiger partial charge < -0.3 is 0 Å². The van der Waals surface area contributed by atoms with Crippen molar-refractivity contribution in [3.8, 4) is 11.1 Å². The number of likely N-dealkylation sites (tertiary alicyclic amines) is 1. The number of aromatic nitrogens is 1. The molecule has 0 saturated carbocycles. The lowest BCUT2D eigenvalue weighted by molar-refractivity contribution is -0.124. The van der Waals surface area contributed by atoms with Gasteiger partial charge in [-0.05, 0) is 96.9 Å². The summed E-state index contributed by atoms with van der Waals surface area (Å²) in [6.45, 7) is 4.75. The molecule has 36 heavy (non-hydrogen) atoms. The fourth-order valence-corrected chi connectivity index (χ4v) is 6.51. The summed E-state index contributed by atoms with van der Waals surface area (Å²) in [6, 6.07) is 27.7. The number of piperidine rings is 1. The van der Waals surface area contributed by atoms with Gasteiger partial charge in [0.1, 0.15) is 0 Å². The standard InChI is InChI=1S/C32H29N3O/c1-22-7-6-16-33-29(22)21-34-17-14-32(15-18-34)28-10-4-5-11-30(28)35(31(32)36)25-12-13-27-24(20-25)19-23-8-2-3-9-26(23)27/h2-13,16,20H,14-15,17-19,21H2,1H3. The Kier molecular flexibility index (Phi) is 4.87. The van der Waals surface area contributed by atoms with Crippen LogP contribution >= 0.6 is 0 Å². The average molecular weight is 472 g/mol. The van der Waals surface area contributed by atoms with Crippen LogP contribution in [0.5, 0.6) is 0 Å². The van der Waals surface area contributed by atoms with E-state index in [4.69, 9.17) is 0 Å². The van der Waals surface area contributed by atoms with E-state index in [1.807, 2.05) is 17.2 Å². The third kappa shape index (κ3) is 3.17. The van der Waals surface area contributed by atoms with E-state index in [1.54, 1.807) is 0 Å². The van der Waals surface area contributed by atoms with Crippen LogP contribution in [0.25, 0.3) is 11.1 Å². The monoisotopic (exact) mass is 471 g/mol. The van der Waals surface area contributed by atoms with Crippen molar-refractivity contribution < 1.29 is 4.79 Å². The molecule has 0 unspecified atom stereocenters. The second-order valence-corrected chi connectivity index (χ2v) is 10.5. The largest absolute Gasteiger partial charge is 0.297 e. The highest BCUT2D eigenvalue weighted by Crippen LogP contribution is 2.51. The van der Waals surface area contributed by atoms with Crippen LogP contribution in [-0.2, 0) is 23.2 Å². The first-order valence-corrected chi connectivity index (χ1v) is 12.9. The molecular weight excluding hydrogens is 442 g/mol. The first-order valence-electron chi connectivity index (χ1n) is 12.9. The number of pyridine rings is 1. The van der Waals surface area contributed by atoms with Crippen LogP contribution in [0.4, 0.5) is 11.4 Å². The van der Waals surface area contributed by atoms with E-state index < -0.39 is 5.41 Å². The zero-order valence-corrected chi connectivity index (χ0v) is 20.6. The second-order valence-electron chi connectivity index (χ2n) is 10.5. The number of benzene rings is 3. The molecule has 2 aliphatic heterocycles. The van der Waals surface area contributed by atoms with Gasteiger partial charge in [0.25, 0.3) is 0 Å². The summed E-state index contributed by atoms with van der Waals surface area (Å²) in [6.07, 6.45) is 4.47. The molecule has 1 amide bonds. The van der Waals surface area contributed by atoms with E-state index >= 15 is 0 Å². The molecule has 0 N–H and O–H groups in total. The molecule has 4 heteroatoms. The highest BCUT2D eigenvalue weighted by atomic mass is 16.2. The minimum absolute atomic E-state index is 0.229. The van der Waals surface area contributed by atoms with Crippen LogP contribution in [0.15, 0.2) is 85.1 Å². The number of anilines is 2. The van der Waals surface area contributed by atoms with Crippen LogP contribution in [-0.4, -0.2) is 28.9 Å². The molecule has 1 aliphatic carbocycles. The van der Waals surface area contributed by atoms with Crippen molar-refractivity contribution in [3.63, 3.8) is 0 Å². The lowest BCUT2D eigenvalue weighted by Gasteiger charge is -2.38. The number of aryl methyl sites for hydroxylation is 1. The highest BCUT2D eigenvalue weighted by Gasteiger charge is 2.52. The van der Waals surface area contributed by atoms with Gasteiger partial charge in [-0.15, -0.1) is 0 Å².